The standard InChI is InChI=1S/C12H14N4O/c13-6-10-9(14)5-11-12(15-10)16-4-2-1-3-8(16)7-17-11/h5,8H,1-4,7,14H2/t8-/m0/s1. The number of hydrogen-bond acceptors (Lipinski definition) is 5. The summed E-state index contributed by atoms with van der Waals surface area (Å²) in [5, 5.41) is 8.96. The Balaban J connectivity index is 2.06. The largest absolute Gasteiger partial charge is 0.487 e. The average Bonchev–Trinajstić information content (AvgIpc) is 2.37. The number of ether oxygens (including phenoxy) is 1. The summed E-state index contributed by atoms with van der Waals surface area (Å²) in [6.07, 6.45) is 3.54. The molecule has 0 bridgehead atoms. The van der Waals surface area contributed by atoms with E-state index in [1.165, 1.54) is 12.8 Å². The number of fused-ring (bicyclic) bond motifs is 3. The number of nitriles is 1. The maximum Gasteiger partial charge on any atom is 0.173 e. The van der Waals surface area contributed by atoms with Crippen LogP contribution in [-0.2, 0) is 0 Å². The van der Waals surface area contributed by atoms with Gasteiger partial charge in [-0.05, 0) is 19.3 Å². The van der Waals surface area contributed by atoms with Crippen LogP contribution < -0.4 is 15.4 Å². The maximum atomic E-state index is 8.96. The van der Waals surface area contributed by atoms with E-state index < -0.39 is 0 Å². The first-order valence-corrected chi connectivity index (χ1v) is 5.89. The van der Waals surface area contributed by atoms with E-state index in [4.69, 9.17) is 15.7 Å². The van der Waals surface area contributed by atoms with Crippen molar-refractivity contribution in [2.24, 2.45) is 0 Å². The maximum absolute atomic E-state index is 8.96. The fourth-order valence-corrected chi connectivity index (χ4v) is 2.54. The molecule has 2 aliphatic heterocycles. The highest BCUT2D eigenvalue weighted by Crippen LogP contribution is 2.37. The molecule has 1 atom stereocenters. The lowest BCUT2D eigenvalue weighted by Gasteiger charge is -2.40. The highest BCUT2D eigenvalue weighted by atomic mass is 16.5. The normalized spacial score (nSPS) is 22.1. The van der Waals surface area contributed by atoms with Gasteiger partial charge in [0.15, 0.2) is 17.3 Å². The molecular formula is C12H14N4O. The van der Waals surface area contributed by atoms with E-state index in [1.807, 2.05) is 6.07 Å². The van der Waals surface area contributed by atoms with E-state index in [0.29, 0.717) is 29.8 Å². The molecular weight excluding hydrogens is 216 g/mol. The zero-order valence-electron chi connectivity index (χ0n) is 9.52. The first-order valence-electron chi connectivity index (χ1n) is 5.89. The van der Waals surface area contributed by atoms with Gasteiger partial charge >= 0.3 is 0 Å². The van der Waals surface area contributed by atoms with Gasteiger partial charge in [-0.1, -0.05) is 0 Å². The number of rotatable bonds is 0. The van der Waals surface area contributed by atoms with E-state index in [2.05, 4.69) is 9.88 Å². The quantitative estimate of drug-likeness (QED) is 0.726. The number of piperidine rings is 1. The SMILES string of the molecule is N#Cc1nc2c(cc1N)OC[C@@H]1CCCCN21. The first kappa shape index (κ1) is 10.2. The van der Waals surface area contributed by atoms with Gasteiger partial charge in [-0.15, -0.1) is 0 Å². The number of nitrogens with zero attached hydrogens (tertiary/aromatic N) is 3. The highest BCUT2D eigenvalue weighted by Gasteiger charge is 2.31. The summed E-state index contributed by atoms with van der Waals surface area (Å²) in [4.78, 5) is 6.58. The van der Waals surface area contributed by atoms with E-state index in [9.17, 15) is 0 Å². The average molecular weight is 230 g/mol. The highest BCUT2D eigenvalue weighted by molar-refractivity contribution is 5.65. The van der Waals surface area contributed by atoms with Crippen molar-refractivity contribution in [3.8, 4) is 11.8 Å². The molecule has 0 saturated carbocycles. The second-order valence-corrected chi connectivity index (χ2v) is 4.51. The van der Waals surface area contributed by atoms with E-state index in [1.54, 1.807) is 6.07 Å². The summed E-state index contributed by atoms with van der Waals surface area (Å²) in [7, 11) is 0. The molecule has 0 aromatic carbocycles. The molecule has 0 amide bonds. The van der Waals surface area contributed by atoms with Gasteiger partial charge < -0.3 is 15.4 Å². The van der Waals surface area contributed by atoms with Gasteiger partial charge in [-0.3, -0.25) is 0 Å². The van der Waals surface area contributed by atoms with Crippen LogP contribution in [0.4, 0.5) is 11.5 Å². The van der Waals surface area contributed by atoms with Crippen molar-refractivity contribution < 1.29 is 4.74 Å². The van der Waals surface area contributed by atoms with Gasteiger partial charge in [0.05, 0.1) is 11.7 Å². The molecule has 2 N–H and O–H groups in total. The van der Waals surface area contributed by atoms with Gasteiger partial charge in [0, 0.05) is 12.6 Å². The molecule has 0 unspecified atom stereocenters. The van der Waals surface area contributed by atoms with Crippen LogP contribution in [0.1, 0.15) is 25.0 Å². The van der Waals surface area contributed by atoms with Crippen molar-refractivity contribution in [2.75, 3.05) is 23.8 Å². The van der Waals surface area contributed by atoms with Gasteiger partial charge in [0.1, 0.15) is 12.7 Å². The monoisotopic (exact) mass is 230 g/mol. The zero-order valence-corrected chi connectivity index (χ0v) is 9.52. The van der Waals surface area contributed by atoms with Crippen molar-refractivity contribution >= 4 is 11.5 Å². The van der Waals surface area contributed by atoms with Crippen LogP contribution in [0.3, 0.4) is 0 Å². The molecule has 3 rings (SSSR count). The molecule has 1 saturated heterocycles. The number of anilines is 2. The van der Waals surface area contributed by atoms with Crippen LogP contribution in [0.5, 0.6) is 5.75 Å². The lowest BCUT2D eigenvalue weighted by atomic mass is 10.0. The van der Waals surface area contributed by atoms with Crippen molar-refractivity contribution in [1.29, 1.82) is 5.26 Å². The minimum Gasteiger partial charge on any atom is -0.487 e. The lowest BCUT2D eigenvalue weighted by Crippen LogP contribution is -2.46. The van der Waals surface area contributed by atoms with Crippen molar-refractivity contribution in [3.05, 3.63) is 11.8 Å². The van der Waals surface area contributed by atoms with E-state index in [-0.39, 0.29) is 0 Å². The zero-order chi connectivity index (χ0) is 11.8. The Hall–Kier alpha value is -1.96. The fraction of sp³-hybridized carbons (Fsp3) is 0.500. The minimum atomic E-state index is 0.290. The molecule has 3 heterocycles. The van der Waals surface area contributed by atoms with Crippen molar-refractivity contribution in [2.45, 2.75) is 25.3 Å². The molecule has 5 heteroatoms. The molecule has 0 aliphatic carbocycles. The molecule has 5 nitrogen and oxygen atoms in total. The molecule has 2 aliphatic rings. The Bertz CT molecular complexity index is 494. The van der Waals surface area contributed by atoms with Gasteiger partial charge in [-0.2, -0.15) is 5.26 Å². The third-order valence-corrected chi connectivity index (χ3v) is 3.43. The summed E-state index contributed by atoms with van der Waals surface area (Å²) in [6.45, 7) is 1.68. The van der Waals surface area contributed by atoms with Crippen molar-refractivity contribution in [3.63, 3.8) is 0 Å². The van der Waals surface area contributed by atoms with Crippen LogP contribution in [-0.4, -0.2) is 24.2 Å². The molecule has 0 spiro atoms. The number of hydrogen-bond donors (Lipinski definition) is 1. The van der Waals surface area contributed by atoms with Gasteiger partial charge in [0.2, 0.25) is 0 Å². The first-order chi connectivity index (χ1) is 8.29. The number of nitrogen functional groups attached to an aromatic ring is 1. The molecule has 0 radical (unpaired) electrons. The third kappa shape index (κ3) is 1.57. The molecule has 1 fully saturated rings. The Kier molecular flexibility index (Phi) is 2.29. The molecule has 1 aromatic heterocycles. The molecule has 17 heavy (non-hydrogen) atoms. The second-order valence-electron chi connectivity index (χ2n) is 4.51. The minimum absolute atomic E-state index is 0.290. The summed E-state index contributed by atoms with van der Waals surface area (Å²) in [6, 6.07) is 4.14. The topological polar surface area (TPSA) is 75.2 Å². The van der Waals surface area contributed by atoms with Crippen LogP contribution in [0.15, 0.2) is 6.07 Å². The third-order valence-electron chi connectivity index (χ3n) is 3.43. The van der Waals surface area contributed by atoms with Crippen LogP contribution in [0.2, 0.25) is 0 Å². The number of pyridine rings is 1. The predicted octanol–water partition coefficient (Wildman–Crippen LogP) is 1.29. The fourth-order valence-electron chi connectivity index (χ4n) is 2.54. The summed E-state index contributed by atoms with van der Waals surface area (Å²) < 4.78 is 5.68. The number of aromatic nitrogens is 1. The van der Waals surface area contributed by atoms with Crippen molar-refractivity contribution in [1.82, 2.24) is 4.98 Å². The Morgan fingerprint density at radius 3 is 3.24 bits per heavy atom. The van der Waals surface area contributed by atoms with Crippen LogP contribution >= 0.6 is 0 Å². The lowest BCUT2D eigenvalue weighted by molar-refractivity contribution is 0.238. The Morgan fingerprint density at radius 2 is 2.41 bits per heavy atom. The number of nitrogens with two attached hydrogens (primary N) is 1. The van der Waals surface area contributed by atoms with Gasteiger partial charge in [-0.25, -0.2) is 4.98 Å². The predicted molar refractivity (Wildman–Crippen MR) is 63.8 cm³/mol. The summed E-state index contributed by atoms with van der Waals surface area (Å²) in [5.41, 5.74) is 6.42. The second kappa shape index (κ2) is 3.81. The van der Waals surface area contributed by atoms with Crippen LogP contribution in [0, 0.1) is 11.3 Å². The Morgan fingerprint density at radius 1 is 1.53 bits per heavy atom. The Labute approximate surface area is 99.8 Å². The van der Waals surface area contributed by atoms with E-state index in [0.717, 1.165) is 18.8 Å². The summed E-state index contributed by atoms with van der Waals surface area (Å²) in [5.74, 6) is 1.49. The van der Waals surface area contributed by atoms with E-state index >= 15 is 0 Å². The summed E-state index contributed by atoms with van der Waals surface area (Å²) >= 11 is 0. The van der Waals surface area contributed by atoms with Gasteiger partial charge in [0.25, 0.3) is 0 Å². The molecule has 1 aromatic rings. The molecule has 88 valence electrons. The smallest absolute Gasteiger partial charge is 0.173 e. The van der Waals surface area contributed by atoms with Crippen LogP contribution in [0.25, 0.3) is 0 Å².